The lowest BCUT2D eigenvalue weighted by molar-refractivity contribution is -0.432. The number of aromatic nitrogens is 3. The third-order valence-electron chi connectivity index (χ3n) is 4.70. The molecule has 1 heterocycles. The average molecular weight is 541 g/mol. The lowest BCUT2D eigenvalue weighted by atomic mass is 10.2. The van der Waals surface area contributed by atoms with Gasteiger partial charge in [0.05, 0.1) is 12.0 Å². The van der Waals surface area contributed by atoms with Crippen LogP contribution in [0.1, 0.15) is 5.56 Å². The molecular weight excluding hydrogens is 520 g/mol. The van der Waals surface area contributed by atoms with E-state index in [2.05, 4.69) is 46.9 Å². The Hall–Kier alpha value is -4.05. The normalized spacial score (nSPS) is 11.1. The molecule has 190 valence electrons. The first-order chi connectivity index (χ1) is 17.8. The summed E-state index contributed by atoms with van der Waals surface area (Å²) in [6.45, 7) is 3.57. The molecule has 0 unspecified atom stereocenters. The maximum Gasteiger partial charge on any atom is 0.295 e. The summed E-state index contributed by atoms with van der Waals surface area (Å²) in [4.78, 5) is 13.5. The first-order valence-electron chi connectivity index (χ1n) is 10.4. The zero-order valence-electron chi connectivity index (χ0n) is 18.9. The minimum atomic E-state index is -4.49. The molecule has 0 radical (unpaired) electrons. The second-order valence-corrected chi connectivity index (χ2v) is 9.39. The summed E-state index contributed by atoms with van der Waals surface area (Å²) in [7, 11) is -4.49. The molecule has 12 nitrogen and oxygen atoms in total. The highest BCUT2D eigenvalue weighted by atomic mass is 32.2. The van der Waals surface area contributed by atoms with Crippen LogP contribution >= 0.6 is 12.0 Å². The molecule has 0 fully saturated rings. The van der Waals surface area contributed by atoms with Crippen molar-refractivity contribution >= 4 is 63.1 Å². The van der Waals surface area contributed by atoms with Crippen LogP contribution < -0.4 is 16.0 Å². The Labute approximate surface area is 216 Å². The van der Waals surface area contributed by atoms with Crippen LogP contribution in [0.15, 0.2) is 89.2 Å². The molecule has 37 heavy (non-hydrogen) atoms. The molecule has 3 aromatic carbocycles. The monoisotopic (exact) mass is 540 g/mol. The van der Waals surface area contributed by atoms with Gasteiger partial charge in [-0.2, -0.15) is 23.4 Å². The molecule has 4 aromatic rings. The van der Waals surface area contributed by atoms with Gasteiger partial charge in [0.1, 0.15) is 4.90 Å². The zero-order valence-corrected chi connectivity index (χ0v) is 20.5. The minimum Gasteiger partial charge on any atom is -0.324 e. The van der Waals surface area contributed by atoms with Gasteiger partial charge in [-0.3, -0.25) is 4.55 Å². The SMILES string of the molecule is C=Cc1ccc(Nc2nc(Nc3ccccc3)nc(Nc3ccc(SOOO)cc3)n2)cc1S(=O)(=O)O. The molecule has 0 saturated heterocycles. The lowest BCUT2D eigenvalue weighted by Crippen LogP contribution is -2.08. The largest absolute Gasteiger partial charge is 0.324 e. The molecule has 0 spiro atoms. The van der Waals surface area contributed by atoms with Crippen LogP contribution in [-0.2, 0) is 19.5 Å². The second-order valence-electron chi connectivity index (χ2n) is 7.23. The molecular formula is C23H20N6O6S2. The smallest absolute Gasteiger partial charge is 0.295 e. The van der Waals surface area contributed by atoms with Gasteiger partial charge in [0.25, 0.3) is 10.1 Å². The summed E-state index contributed by atoms with van der Waals surface area (Å²) >= 11 is 0.820. The zero-order chi connectivity index (χ0) is 26.3. The van der Waals surface area contributed by atoms with Crippen molar-refractivity contribution in [2.24, 2.45) is 0 Å². The van der Waals surface area contributed by atoms with E-state index >= 15 is 0 Å². The van der Waals surface area contributed by atoms with Crippen molar-refractivity contribution in [1.82, 2.24) is 15.0 Å². The van der Waals surface area contributed by atoms with Gasteiger partial charge in [0.2, 0.25) is 17.8 Å². The standard InChI is InChI=1S/C23H20N6O6S2/c1-2-15-8-9-18(14-20(15)37(31,32)33)26-23-28-21(24-16-6-4-3-5-7-16)27-22(29-23)25-17-10-12-19(13-11-17)36-35-34-30/h2-14,30H,1H2,(H,31,32,33)(H3,24,25,26,27,28,29). The van der Waals surface area contributed by atoms with E-state index in [1.165, 1.54) is 18.2 Å². The van der Waals surface area contributed by atoms with E-state index in [4.69, 9.17) is 5.26 Å². The number of anilines is 6. The molecule has 0 aliphatic rings. The Balaban J connectivity index is 1.65. The first-order valence-corrected chi connectivity index (χ1v) is 12.6. The van der Waals surface area contributed by atoms with Crippen molar-refractivity contribution < 1.29 is 27.6 Å². The molecule has 0 bridgehead atoms. The molecule has 4 rings (SSSR count). The molecule has 0 atom stereocenters. The number of para-hydroxylation sites is 1. The third kappa shape index (κ3) is 7.23. The van der Waals surface area contributed by atoms with Crippen molar-refractivity contribution in [3.05, 3.63) is 84.9 Å². The van der Waals surface area contributed by atoms with Gasteiger partial charge in [0, 0.05) is 22.0 Å². The quantitative estimate of drug-likeness (QED) is 0.0708. The van der Waals surface area contributed by atoms with Crippen LogP contribution in [0.3, 0.4) is 0 Å². The maximum atomic E-state index is 11.8. The Kier molecular flexibility index (Phi) is 8.29. The summed E-state index contributed by atoms with van der Waals surface area (Å²) in [5.41, 5.74) is 1.94. The van der Waals surface area contributed by atoms with E-state index < -0.39 is 10.1 Å². The molecule has 1 aromatic heterocycles. The summed E-state index contributed by atoms with van der Waals surface area (Å²) in [5, 5.41) is 21.0. The predicted octanol–water partition coefficient (Wildman–Crippen LogP) is 5.42. The van der Waals surface area contributed by atoms with E-state index in [0.717, 1.165) is 17.7 Å². The fourth-order valence-corrected chi connectivity index (χ4v) is 4.19. The number of hydrogen-bond donors (Lipinski definition) is 5. The van der Waals surface area contributed by atoms with Crippen molar-refractivity contribution in [2.45, 2.75) is 9.79 Å². The minimum absolute atomic E-state index is 0.101. The Morgan fingerprint density at radius 2 is 1.35 bits per heavy atom. The summed E-state index contributed by atoms with van der Waals surface area (Å²) in [6, 6.07) is 20.5. The number of nitrogens with zero attached hydrogens (tertiary/aromatic N) is 3. The Bertz CT molecular complexity index is 1490. The van der Waals surface area contributed by atoms with Crippen molar-refractivity contribution in [1.29, 1.82) is 0 Å². The summed E-state index contributed by atoms with van der Waals surface area (Å²) in [5.74, 6) is 0.498. The number of benzene rings is 3. The molecule has 5 N–H and O–H groups in total. The number of rotatable bonds is 11. The van der Waals surface area contributed by atoms with E-state index in [-0.39, 0.29) is 28.3 Å². The highest BCUT2D eigenvalue weighted by Crippen LogP contribution is 2.26. The van der Waals surface area contributed by atoms with Gasteiger partial charge < -0.3 is 16.0 Å². The average Bonchev–Trinajstić information content (AvgIpc) is 2.88. The third-order valence-corrected chi connectivity index (χ3v) is 6.21. The van der Waals surface area contributed by atoms with Gasteiger partial charge in [-0.05, 0) is 54.1 Å². The van der Waals surface area contributed by atoms with Crippen molar-refractivity contribution in [2.75, 3.05) is 16.0 Å². The highest BCUT2D eigenvalue weighted by Gasteiger charge is 2.16. The lowest BCUT2D eigenvalue weighted by Gasteiger charge is -2.12. The second kappa shape index (κ2) is 11.8. The molecule has 0 aliphatic carbocycles. The van der Waals surface area contributed by atoms with Crippen LogP contribution in [-0.4, -0.2) is 33.2 Å². The first kappa shape index (κ1) is 26.0. The molecule has 0 saturated carbocycles. The predicted molar refractivity (Wildman–Crippen MR) is 140 cm³/mol. The fraction of sp³-hybridized carbons (Fsp3) is 0. The molecule has 0 aliphatic heterocycles. The van der Waals surface area contributed by atoms with Crippen LogP contribution in [0.5, 0.6) is 0 Å². The molecule has 0 amide bonds. The Morgan fingerprint density at radius 1 is 0.811 bits per heavy atom. The Morgan fingerprint density at radius 3 is 1.89 bits per heavy atom. The summed E-state index contributed by atoms with van der Waals surface area (Å²) in [6.07, 6.45) is 1.33. The number of nitrogens with one attached hydrogen (secondary N) is 3. The van der Waals surface area contributed by atoms with Gasteiger partial charge in [-0.25, -0.2) is 5.26 Å². The summed E-state index contributed by atoms with van der Waals surface area (Å²) < 4.78 is 37.6. The van der Waals surface area contributed by atoms with E-state index in [1.807, 2.05) is 30.3 Å². The van der Waals surface area contributed by atoms with E-state index in [1.54, 1.807) is 30.3 Å². The van der Waals surface area contributed by atoms with Crippen molar-refractivity contribution in [3.63, 3.8) is 0 Å². The number of hydrogen-bond acceptors (Lipinski definition) is 12. The topological polar surface area (TPSA) is 168 Å². The highest BCUT2D eigenvalue weighted by molar-refractivity contribution is 7.94. The van der Waals surface area contributed by atoms with Crippen LogP contribution in [0, 0.1) is 0 Å². The van der Waals surface area contributed by atoms with Crippen LogP contribution in [0.2, 0.25) is 0 Å². The van der Waals surface area contributed by atoms with Gasteiger partial charge in [-0.15, -0.1) is 4.33 Å². The van der Waals surface area contributed by atoms with Gasteiger partial charge >= 0.3 is 0 Å². The molecule has 14 heteroatoms. The van der Waals surface area contributed by atoms with Crippen LogP contribution in [0.4, 0.5) is 34.9 Å². The van der Waals surface area contributed by atoms with Gasteiger partial charge in [0.15, 0.2) is 0 Å². The van der Waals surface area contributed by atoms with Crippen LogP contribution in [0.25, 0.3) is 6.08 Å². The van der Waals surface area contributed by atoms with Crippen molar-refractivity contribution in [3.8, 4) is 0 Å². The van der Waals surface area contributed by atoms with E-state index in [9.17, 15) is 13.0 Å². The van der Waals surface area contributed by atoms with E-state index in [0.29, 0.717) is 16.3 Å². The van der Waals surface area contributed by atoms with Gasteiger partial charge in [-0.1, -0.05) is 42.0 Å². The maximum absolute atomic E-state index is 11.8. The fourth-order valence-electron chi connectivity index (χ4n) is 3.10.